The first-order chi connectivity index (χ1) is 8.61. The molecule has 2 unspecified atom stereocenters. The molecule has 100 valence electrons. The van der Waals surface area contributed by atoms with Crippen LogP contribution in [0.3, 0.4) is 0 Å². The van der Waals surface area contributed by atoms with Gasteiger partial charge in [0, 0.05) is 35.7 Å². The molecule has 0 aliphatic carbocycles. The maximum Gasteiger partial charge on any atom is 0.128 e. The molecule has 0 aromatic heterocycles. The SMILES string of the molecule is CC(c1cc(Br)ccc1F)N1CCOC(CN)C1. The lowest BCUT2D eigenvalue weighted by Crippen LogP contribution is -2.46. The van der Waals surface area contributed by atoms with E-state index in [-0.39, 0.29) is 18.0 Å². The Kier molecular flexibility index (Phi) is 4.72. The maximum absolute atomic E-state index is 13.9. The second-order valence-corrected chi connectivity index (χ2v) is 5.48. The van der Waals surface area contributed by atoms with Gasteiger partial charge in [-0.2, -0.15) is 0 Å². The summed E-state index contributed by atoms with van der Waals surface area (Å²) >= 11 is 3.38. The van der Waals surface area contributed by atoms with Gasteiger partial charge in [0.05, 0.1) is 12.7 Å². The topological polar surface area (TPSA) is 38.5 Å². The molecule has 0 radical (unpaired) electrons. The third-order valence-corrected chi connectivity index (χ3v) is 3.88. The molecule has 0 bridgehead atoms. The van der Waals surface area contributed by atoms with E-state index >= 15 is 0 Å². The van der Waals surface area contributed by atoms with E-state index < -0.39 is 0 Å². The van der Waals surface area contributed by atoms with Crippen LogP contribution in [0.25, 0.3) is 0 Å². The van der Waals surface area contributed by atoms with Crippen LogP contribution in [-0.4, -0.2) is 37.2 Å². The van der Waals surface area contributed by atoms with Crippen molar-refractivity contribution >= 4 is 15.9 Å². The molecule has 0 spiro atoms. The number of hydrogen-bond donors (Lipinski definition) is 1. The van der Waals surface area contributed by atoms with E-state index in [4.69, 9.17) is 10.5 Å². The van der Waals surface area contributed by atoms with E-state index in [9.17, 15) is 4.39 Å². The first-order valence-corrected chi connectivity index (χ1v) is 6.91. The zero-order chi connectivity index (χ0) is 13.1. The molecule has 1 fully saturated rings. The molecular formula is C13H18BrFN2O. The van der Waals surface area contributed by atoms with Crippen molar-refractivity contribution in [3.8, 4) is 0 Å². The molecule has 1 aromatic carbocycles. The number of ether oxygens (including phenoxy) is 1. The van der Waals surface area contributed by atoms with Gasteiger partial charge in [0.15, 0.2) is 0 Å². The van der Waals surface area contributed by atoms with Gasteiger partial charge in [0.25, 0.3) is 0 Å². The predicted molar refractivity (Wildman–Crippen MR) is 72.9 cm³/mol. The average molecular weight is 317 g/mol. The minimum Gasteiger partial charge on any atom is -0.374 e. The van der Waals surface area contributed by atoms with Crippen LogP contribution in [0.1, 0.15) is 18.5 Å². The molecule has 3 nitrogen and oxygen atoms in total. The average Bonchev–Trinajstić information content (AvgIpc) is 2.41. The zero-order valence-corrected chi connectivity index (χ0v) is 12.0. The van der Waals surface area contributed by atoms with Gasteiger partial charge in [0.1, 0.15) is 5.82 Å². The molecule has 0 amide bonds. The number of hydrogen-bond acceptors (Lipinski definition) is 3. The minimum atomic E-state index is -0.165. The van der Waals surface area contributed by atoms with Gasteiger partial charge in [-0.3, -0.25) is 4.90 Å². The van der Waals surface area contributed by atoms with Crippen LogP contribution < -0.4 is 5.73 Å². The Hall–Kier alpha value is -0.490. The lowest BCUT2D eigenvalue weighted by atomic mass is 10.1. The molecular weight excluding hydrogens is 299 g/mol. The van der Waals surface area contributed by atoms with E-state index in [1.54, 1.807) is 6.07 Å². The van der Waals surface area contributed by atoms with E-state index in [2.05, 4.69) is 20.8 Å². The first-order valence-electron chi connectivity index (χ1n) is 6.12. The number of nitrogens with two attached hydrogens (primary N) is 1. The summed E-state index contributed by atoms with van der Waals surface area (Å²) in [7, 11) is 0. The van der Waals surface area contributed by atoms with Gasteiger partial charge in [0.2, 0.25) is 0 Å². The number of halogens is 2. The Balaban J connectivity index is 2.14. The highest BCUT2D eigenvalue weighted by Crippen LogP contribution is 2.27. The Morgan fingerprint density at radius 1 is 1.61 bits per heavy atom. The Bertz CT molecular complexity index is 416. The zero-order valence-electron chi connectivity index (χ0n) is 10.4. The summed E-state index contributed by atoms with van der Waals surface area (Å²) in [6.07, 6.45) is 0.0522. The van der Waals surface area contributed by atoms with Crippen LogP contribution in [0.15, 0.2) is 22.7 Å². The molecule has 2 atom stereocenters. The Morgan fingerprint density at radius 3 is 3.11 bits per heavy atom. The van der Waals surface area contributed by atoms with Gasteiger partial charge >= 0.3 is 0 Å². The third-order valence-electron chi connectivity index (χ3n) is 3.39. The molecule has 2 N–H and O–H groups in total. The van der Waals surface area contributed by atoms with Crippen LogP contribution in [0.2, 0.25) is 0 Å². The lowest BCUT2D eigenvalue weighted by molar-refractivity contribution is -0.0368. The second kappa shape index (κ2) is 6.10. The summed E-state index contributed by atoms with van der Waals surface area (Å²) in [5, 5.41) is 0. The highest BCUT2D eigenvalue weighted by Gasteiger charge is 2.25. The van der Waals surface area contributed by atoms with Crippen molar-refractivity contribution in [2.75, 3.05) is 26.2 Å². The lowest BCUT2D eigenvalue weighted by Gasteiger charge is -2.36. The Labute approximate surface area is 115 Å². The maximum atomic E-state index is 13.9. The van der Waals surface area contributed by atoms with Gasteiger partial charge in [-0.1, -0.05) is 15.9 Å². The molecule has 18 heavy (non-hydrogen) atoms. The summed E-state index contributed by atoms with van der Waals surface area (Å²) in [4.78, 5) is 2.21. The number of rotatable bonds is 3. The van der Waals surface area contributed by atoms with Crippen LogP contribution >= 0.6 is 15.9 Å². The van der Waals surface area contributed by atoms with Crippen molar-refractivity contribution in [2.45, 2.75) is 19.1 Å². The highest BCUT2D eigenvalue weighted by molar-refractivity contribution is 9.10. The molecule has 1 aliphatic rings. The molecule has 1 aromatic rings. The minimum absolute atomic E-state index is 0.0282. The smallest absolute Gasteiger partial charge is 0.128 e. The second-order valence-electron chi connectivity index (χ2n) is 4.57. The van der Waals surface area contributed by atoms with Gasteiger partial charge in [-0.05, 0) is 25.1 Å². The van der Waals surface area contributed by atoms with Crippen molar-refractivity contribution in [3.05, 3.63) is 34.1 Å². The molecule has 2 rings (SSSR count). The van der Waals surface area contributed by atoms with E-state index in [0.29, 0.717) is 18.7 Å². The van der Waals surface area contributed by atoms with Crippen molar-refractivity contribution < 1.29 is 9.13 Å². The van der Waals surface area contributed by atoms with Crippen molar-refractivity contribution in [1.29, 1.82) is 0 Å². The summed E-state index contributed by atoms with van der Waals surface area (Å²) in [6.45, 7) is 4.74. The van der Waals surface area contributed by atoms with Gasteiger partial charge in [-0.15, -0.1) is 0 Å². The number of morpholine rings is 1. The molecule has 1 saturated heterocycles. The van der Waals surface area contributed by atoms with Crippen molar-refractivity contribution in [1.82, 2.24) is 4.90 Å². The largest absolute Gasteiger partial charge is 0.374 e. The predicted octanol–water partition coefficient (Wildman–Crippen LogP) is 2.31. The van der Waals surface area contributed by atoms with Crippen LogP contribution in [0.5, 0.6) is 0 Å². The van der Waals surface area contributed by atoms with Crippen LogP contribution in [-0.2, 0) is 4.74 Å². The van der Waals surface area contributed by atoms with Crippen LogP contribution in [0.4, 0.5) is 4.39 Å². The number of nitrogens with zero attached hydrogens (tertiary/aromatic N) is 1. The molecule has 1 heterocycles. The summed E-state index contributed by atoms with van der Waals surface area (Å²) in [5.41, 5.74) is 6.34. The van der Waals surface area contributed by atoms with Gasteiger partial charge < -0.3 is 10.5 Å². The molecule has 0 saturated carbocycles. The summed E-state index contributed by atoms with van der Waals surface area (Å²) in [6, 6.07) is 5.08. The standard InChI is InChI=1S/C13H18BrFN2O/c1-9(12-6-10(14)2-3-13(12)15)17-4-5-18-11(7-16)8-17/h2-3,6,9,11H,4-5,7-8,16H2,1H3. The highest BCUT2D eigenvalue weighted by atomic mass is 79.9. The monoisotopic (exact) mass is 316 g/mol. The fraction of sp³-hybridized carbons (Fsp3) is 0.538. The van der Waals surface area contributed by atoms with Crippen molar-refractivity contribution in [2.24, 2.45) is 5.73 Å². The fourth-order valence-electron chi connectivity index (χ4n) is 2.27. The van der Waals surface area contributed by atoms with Crippen LogP contribution in [0, 0.1) is 5.82 Å². The third kappa shape index (κ3) is 3.09. The fourth-order valence-corrected chi connectivity index (χ4v) is 2.65. The molecule has 5 heteroatoms. The Morgan fingerprint density at radius 2 is 2.39 bits per heavy atom. The van der Waals surface area contributed by atoms with E-state index in [1.807, 2.05) is 13.0 Å². The van der Waals surface area contributed by atoms with Crippen molar-refractivity contribution in [3.63, 3.8) is 0 Å². The normalized spacial score (nSPS) is 23.0. The summed E-state index contributed by atoms with van der Waals surface area (Å²) in [5.74, 6) is -0.165. The van der Waals surface area contributed by atoms with Gasteiger partial charge in [-0.25, -0.2) is 4.39 Å². The van der Waals surface area contributed by atoms with E-state index in [1.165, 1.54) is 6.07 Å². The first kappa shape index (κ1) is 13.9. The quantitative estimate of drug-likeness (QED) is 0.930. The number of benzene rings is 1. The summed E-state index contributed by atoms with van der Waals surface area (Å²) < 4.78 is 20.3. The van der Waals surface area contributed by atoms with E-state index in [0.717, 1.165) is 17.6 Å². The molecule has 1 aliphatic heterocycles.